The predicted molar refractivity (Wildman–Crippen MR) is 91.9 cm³/mol. The molecule has 21 heavy (non-hydrogen) atoms. The maximum absolute atomic E-state index is 12.3. The van der Waals surface area contributed by atoms with Gasteiger partial charge >= 0.3 is 0 Å². The van der Waals surface area contributed by atoms with E-state index < -0.39 is 0 Å². The molecule has 0 heterocycles. The second-order valence-corrected chi connectivity index (χ2v) is 6.02. The van der Waals surface area contributed by atoms with Crippen molar-refractivity contribution in [3.63, 3.8) is 0 Å². The lowest BCUT2D eigenvalue weighted by Gasteiger charge is -2.09. The first kappa shape index (κ1) is 15.8. The van der Waals surface area contributed by atoms with Crippen LogP contribution in [0.25, 0.3) is 0 Å². The van der Waals surface area contributed by atoms with Crippen LogP contribution < -0.4 is 5.32 Å². The number of hydrogen-bond donors (Lipinski definition) is 1. The second kappa shape index (κ2) is 7.41. The molecule has 2 aromatic rings. The molecular formula is C18H20BrNO. The Bertz CT molecular complexity index is 620. The van der Waals surface area contributed by atoms with E-state index >= 15 is 0 Å². The number of nitrogens with one attached hydrogen (secondary N) is 1. The van der Waals surface area contributed by atoms with E-state index in [-0.39, 0.29) is 5.91 Å². The van der Waals surface area contributed by atoms with Crippen LogP contribution in [0.3, 0.4) is 0 Å². The van der Waals surface area contributed by atoms with Crippen LogP contribution in [0, 0.1) is 6.92 Å². The van der Waals surface area contributed by atoms with E-state index in [0.717, 1.165) is 22.1 Å². The Hall–Kier alpha value is -1.61. The SMILES string of the molecule is CCCCc1ccc(NC(=O)c2cccc(Br)c2C)cc1. The molecule has 2 nitrogen and oxygen atoms in total. The Labute approximate surface area is 134 Å². The summed E-state index contributed by atoms with van der Waals surface area (Å²) >= 11 is 3.45. The van der Waals surface area contributed by atoms with E-state index in [1.165, 1.54) is 18.4 Å². The molecule has 0 aliphatic carbocycles. The summed E-state index contributed by atoms with van der Waals surface area (Å²) in [5.41, 5.74) is 3.79. The molecule has 3 heteroatoms. The summed E-state index contributed by atoms with van der Waals surface area (Å²) < 4.78 is 0.949. The summed E-state index contributed by atoms with van der Waals surface area (Å²) in [4.78, 5) is 12.3. The van der Waals surface area contributed by atoms with E-state index in [4.69, 9.17) is 0 Å². The van der Waals surface area contributed by atoms with Crippen LogP contribution in [0.4, 0.5) is 5.69 Å². The van der Waals surface area contributed by atoms with Crippen LogP contribution >= 0.6 is 15.9 Å². The van der Waals surface area contributed by atoms with Crippen LogP contribution in [0.15, 0.2) is 46.9 Å². The minimum absolute atomic E-state index is 0.0740. The highest BCUT2D eigenvalue weighted by Crippen LogP contribution is 2.21. The van der Waals surface area contributed by atoms with Gasteiger partial charge in [-0.15, -0.1) is 0 Å². The fourth-order valence-corrected chi connectivity index (χ4v) is 2.55. The summed E-state index contributed by atoms with van der Waals surface area (Å²) in [6.45, 7) is 4.13. The average molecular weight is 346 g/mol. The van der Waals surface area contributed by atoms with Crippen LogP contribution in [0.1, 0.15) is 41.3 Å². The van der Waals surface area contributed by atoms with Gasteiger partial charge in [-0.3, -0.25) is 4.79 Å². The largest absolute Gasteiger partial charge is 0.322 e. The maximum Gasteiger partial charge on any atom is 0.255 e. The first-order valence-corrected chi connectivity index (χ1v) is 8.06. The molecule has 0 aliphatic heterocycles. The Balaban J connectivity index is 2.07. The molecule has 2 rings (SSSR count). The van der Waals surface area contributed by atoms with Crippen LogP contribution in [0.2, 0.25) is 0 Å². The molecule has 1 amide bonds. The monoisotopic (exact) mass is 345 g/mol. The molecule has 0 bridgehead atoms. The summed E-state index contributed by atoms with van der Waals surface area (Å²) in [5.74, 6) is -0.0740. The number of anilines is 1. The van der Waals surface area contributed by atoms with E-state index in [1.54, 1.807) is 0 Å². The number of benzene rings is 2. The van der Waals surface area contributed by atoms with Crippen molar-refractivity contribution in [1.82, 2.24) is 0 Å². The first-order valence-electron chi connectivity index (χ1n) is 7.27. The molecule has 0 spiro atoms. The molecule has 0 radical (unpaired) electrons. The number of aryl methyl sites for hydroxylation is 1. The fraction of sp³-hybridized carbons (Fsp3) is 0.278. The van der Waals surface area contributed by atoms with Gasteiger partial charge in [-0.25, -0.2) is 0 Å². The molecule has 0 unspecified atom stereocenters. The smallest absolute Gasteiger partial charge is 0.255 e. The van der Waals surface area contributed by atoms with Gasteiger partial charge in [0.15, 0.2) is 0 Å². The number of unbranched alkanes of at least 4 members (excludes halogenated alkanes) is 1. The number of carbonyl (C=O) groups excluding carboxylic acids is 1. The molecule has 1 N–H and O–H groups in total. The highest BCUT2D eigenvalue weighted by molar-refractivity contribution is 9.10. The predicted octanol–water partition coefficient (Wildman–Crippen LogP) is 5.35. The number of rotatable bonds is 5. The van der Waals surface area contributed by atoms with Crippen molar-refractivity contribution in [3.05, 3.63) is 63.6 Å². The van der Waals surface area contributed by atoms with Crippen molar-refractivity contribution >= 4 is 27.5 Å². The van der Waals surface area contributed by atoms with Gasteiger partial charge < -0.3 is 5.32 Å². The molecule has 0 saturated carbocycles. The normalized spacial score (nSPS) is 10.4. The Kier molecular flexibility index (Phi) is 5.57. The summed E-state index contributed by atoms with van der Waals surface area (Å²) in [7, 11) is 0. The Morgan fingerprint density at radius 2 is 1.86 bits per heavy atom. The quantitative estimate of drug-likeness (QED) is 0.777. The zero-order valence-electron chi connectivity index (χ0n) is 12.4. The van der Waals surface area contributed by atoms with Gasteiger partial charge in [-0.2, -0.15) is 0 Å². The maximum atomic E-state index is 12.3. The van der Waals surface area contributed by atoms with Crippen molar-refractivity contribution in [1.29, 1.82) is 0 Å². The Morgan fingerprint density at radius 1 is 1.14 bits per heavy atom. The van der Waals surface area contributed by atoms with Gasteiger partial charge in [0.05, 0.1) is 0 Å². The minimum atomic E-state index is -0.0740. The number of carbonyl (C=O) groups is 1. The molecular weight excluding hydrogens is 326 g/mol. The summed E-state index contributed by atoms with van der Waals surface area (Å²) in [5, 5.41) is 2.95. The van der Waals surface area contributed by atoms with Gasteiger partial charge in [0, 0.05) is 15.7 Å². The van der Waals surface area contributed by atoms with E-state index in [2.05, 4.69) is 40.3 Å². The van der Waals surface area contributed by atoms with Gasteiger partial charge in [-0.05, 0) is 55.2 Å². The average Bonchev–Trinajstić information content (AvgIpc) is 2.49. The minimum Gasteiger partial charge on any atom is -0.322 e. The number of hydrogen-bond acceptors (Lipinski definition) is 1. The highest BCUT2D eigenvalue weighted by Gasteiger charge is 2.10. The summed E-state index contributed by atoms with van der Waals surface area (Å²) in [6, 6.07) is 13.8. The van der Waals surface area contributed by atoms with Crippen molar-refractivity contribution in [3.8, 4) is 0 Å². The van der Waals surface area contributed by atoms with Crippen LogP contribution in [0.5, 0.6) is 0 Å². The van der Waals surface area contributed by atoms with Gasteiger partial charge in [-0.1, -0.05) is 47.5 Å². The molecule has 2 aromatic carbocycles. The Morgan fingerprint density at radius 3 is 2.52 bits per heavy atom. The zero-order chi connectivity index (χ0) is 15.2. The lowest BCUT2D eigenvalue weighted by molar-refractivity contribution is 0.102. The second-order valence-electron chi connectivity index (χ2n) is 5.17. The van der Waals surface area contributed by atoms with Crippen LogP contribution in [-0.2, 0) is 6.42 Å². The topological polar surface area (TPSA) is 29.1 Å². The van der Waals surface area contributed by atoms with Gasteiger partial charge in [0.25, 0.3) is 5.91 Å². The van der Waals surface area contributed by atoms with Crippen molar-refractivity contribution in [2.75, 3.05) is 5.32 Å². The third kappa shape index (κ3) is 4.18. The first-order chi connectivity index (χ1) is 10.1. The molecule has 0 atom stereocenters. The highest BCUT2D eigenvalue weighted by atomic mass is 79.9. The lowest BCUT2D eigenvalue weighted by Crippen LogP contribution is -2.13. The van der Waals surface area contributed by atoms with Crippen LogP contribution in [-0.4, -0.2) is 5.91 Å². The van der Waals surface area contributed by atoms with Gasteiger partial charge in [0.1, 0.15) is 0 Å². The van der Waals surface area contributed by atoms with Crippen molar-refractivity contribution in [2.45, 2.75) is 33.1 Å². The lowest BCUT2D eigenvalue weighted by atomic mass is 10.1. The molecule has 0 aliphatic rings. The zero-order valence-corrected chi connectivity index (χ0v) is 14.0. The van der Waals surface area contributed by atoms with Crippen molar-refractivity contribution < 1.29 is 4.79 Å². The van der Waals surface area contributed by atoms with E-state index in [0.29, 0.717) is 5.56 Å². The summed E-state index contributed by atoms with van der Waals surface area (Å²) in [6.07, 6.45) is 3.49. The molecule has 0 aromatic heterocycles. The molecule has 0 saturated heterocycles. The number of halogens is 1. The fourth-order valence-electron chi connectivity index (χ4n) is 2.19. The molecule has 110 valence electrons. The number of amides is 1. The van der Waals surface area contributed by atoms with Gasteiger partial charge in [0.2, 0.25) is 0 Å². The molecule has 0 fully saturated rings. The van der Waals surface area contributed by atoms with E-state index in [9.17, 15) is 4.79 Å². The third-order valence-corrected chi connectivity index (χ3v) is 4.40. The third-order valence-electron chi connectivity index (χ3n) is 3.54. The van der Waals surface area contributed by atoms with Crippen molar-refractivity contribution in [2.24, 2.45) is 0 Å². The van der Waals surface area contributed by atoms with E-state index in [1.807, 2.05) is 37.3 Å². The standard InChI is InChI=1S/C18H20BrNO/c1-3-4-6-14-9-11-15(12-10-14)20-18(21)16-7-5-8-17(19)13(16)2/h5,7-12H,3-4,6H2,1-2H3,(H,20,21).